The van der Waals surface area contributed by atoms with Crippen molar-refractivity contribution in [3.8, 4) is 6.07 Å². The Kier molecular flexibility index (Phi) is 1.98. The largest absolute Gasteiger partial charge is 0.368 e. The molecule has 1 saturated heterocycles. The first kappa shape index (κ1) is 6.46. The normalized spacial score (nSPS) is 35.6. The lowest BCUT2D eigenvalue weighted by Crippen LogP contribution is -3.11. The molecule has 0 aromatic rings. The molecule has 1 aliphatic rings. The van der Waals surface area contributed by atoms with Crippen LogP contribution >= 0.6 is 0 Å². The lowest BCUT2D eigenvalue weighted by Gasteiger charge is -2.17. The molecule has 2 atom stereocenters. The average molecular weight is 131 g/mol. The summed E-state index contributed by atoms with van der Waals surface area (Å²) >= 11 is 0. The summed E-state index contributed by atoms with van der Waals surface area (Å²) < 4.78 is 17.3. The average Bonchev–Trinajstić information content (AvgIpc) is 1.89. The molecular weight excluding hydrogens is 123 g/mol. The Morgan fingerprint density at radius 1 is 1.78 bits per heavy atom. The highest BCUT2D eigenvalue weighted by Gasteiger charge is 2.26. The van der Waals surface area contributed by atoms with Gasteiger partial charge in [-0.3, -0.25) is 0 Å². The van der Waals surface area contributed by atoms with E-state index >= 15 is 0 Å². The molecular formula is C5H8FN2O+. The van der Waals surface area contributed by atoms with Gasteiger partial charge in [0.25, 0.3) is 0 Å². The van der Waals surface area contributed by atoms with E-state index in [4.69, 9.17) is 10.00 Å². The SMILES string of the molecule is N#CC1COCC[NH+]1F. The second-order valence-corrected chi connectivity index (χ2v) is 1.95. The number of quaternary nitrogens is 1. The molecule has 0 spiro atoms. The highest BCUT2D eigenvalue weighted by Crippen LogP contribution is 1.84. The van der Waals surface area contributed by atoms with Crippen LogP contribution in [0.25, 0.3) is 0 Å². The van der Waals surface area contributed by atoms with Gasteiger partial charge in [-0.1, -0.05) is 0 Å². The van der Waals surface area contributed by atoms with E-state index in [0.29, 0.717) is 6.61 Å². The van der Waals surface area contributed by atoms with Crippen molar-refractivity contribution in [2.24, 2.45) is 0 Å². The summed E-state index contributed by atoms with van der Waals surface area (Å²) in [5, 5.41) is 8.04. The second-order valence-electron chi connectivity index (χ2n) is 1.95. The first-order chi connectivity index (χ1) is 4.34. The Morgan fingerprint density at radius 3 is 3.00 bits per heavy atom. The van der Waals surface area contributed by atoms with Crippen LogP contribution in [0.4, 0.5) is 4.48 Å². The zero-order chi connectivity index (χ0) is 6.69. The summed E-state index contributed by atoms with van der Waals surface area (Å²) in [6.07, 6.45) is 0. The number of rotatable bonds is 0. The molecule has 50 valence electrons. The molecule has 0 saturated carbocycles. The van der Waals surface area contributed by atoms with E-state index in [-0.39, 0.29) is 18.3 Å². The summed E-state index contributed by atoms with van der Waals surface area (Å²) in [4.78, 5) is 0. The maximum absolute atomic E-state index is 12.5. The molecule has 1 aliphatic heterocycles. The van der Waals surface area contributed by atoms with Crippen molar-refractivity contribution in [1.29, 1.82) is 5.26 Å². The van der Waals surface area contributed by atoms with E-state index in [1.807, 2.05) is 6.07 Å². The first-order valence-corrected chi connectivity index (χ1v) is 2.83. The molecule has 1 N–H and O–H groups in total. The minimum absolute atomic E-state index is 0.225. The van der Waals surface area contributed by atoms with Gasteiger partial charge in [0.2, 0.25) is 6.04 Å². The second kappa shape index (κ2) is 2.76. The monoisotopic (exact) mass is 131 g/mol. The Bertz CT molecular complexity index is 133. The number of halogens is 1. The van der Waals surface area contributed by atoms with E-state index in [0.717, 1.165) is 0 Å². The van der Waals surface area contributed by atoms with Crippen LogP contribution in [0.3, 0.4) is 0 Å². The topological polar surface area (TPSA) is 37.5 Å². The van der Waals surface area contributed by atoms with Crippen molar-refractivity contribution in [3.63, 3.8) is 0 Å². The van der Waals surface area contributed by atoms with E-state index in [1.165, 1.54) is 0 Å². The summed E-state index contributed by atoms with van der Waals surface area (Å²) in [5.41, 5.74) is 0. The molecule has 0 aromatic carbocycles. The van der Waals surface area contributed by atoms with Crippen molar-refractivity contribution in [3.05, 3.63) is 0 Å². The zero-order valence-electron chi connectivity index (χ0n) is 4.93. The lowest BCUT2D eigenvalue weighted by molar-refractivity contribution is -1.06. The van der Waals surface area contributed by atoms with Crippen LogP contribution < -0.4 is 5.12 Å². The number of ether oxygens (including phenoxy) is 1. The van der Waals surface area contributed by atoms with Gasteiger partial charge < -0.3 is 4.74 Å². The zero-order valence-corrected chi connectivity index (χ0v) is 4.93. The molecule has 2 unspecified atom stereocenters. The number of hydrogen-bond donors (Lipinski definition) is 1. The van der Waals surface area contributed by atoms with Gasteiger partial charge >= 0.3 is 0 Å². The van der Waals surface area contributed by atoms with Crippen LogP contribution in [-0.2, 0) is 4.74 Å². The molecule has 0 radical (unpaired) electrons. The minimum Gasteiger partial charge on any atom is -0.368 e. The highest BCUT2D eigenvalue weighted by molar-refractivity contribution is 4.82. The predicted octanol–water partition coefficient (Wildman–Crippen LogP) is -1.32. The van der Waals surface area contributed by atoms with Gasteiger partial charge in [0.1, 0.15) is 19.2 Å². The molecule has 0 bridgehead atoms. The molecule has 9 heavy (non-hydrogen) atoms. The van der Waals surface area contributed by atoms with Gasteiger partial charge in [0.15, 0.2) is 0 Å². The van der Waals surface area contributed by atoms with Gasteiger partial charge in [-0.2, -0.15) is 5.26 Å². The van der Waals surface area contributed by atoms with Crippen LogP contribution in [-0.4, -0.2) is 25.8 Å². The van der Waals surface area contributed by atoms with Crippen LogP contribution in [0.2, 0.25) is 0 Å². The number of nitrogens with zero attached hydrogens (tertiary/aromatic N) is 1. The quantitative estimate of drug-likeness (QED) is 0.414. The Balaban J connectivity index is 2.41. The van der Waals surface area contributed by atoms with Crippen LogP contribution in [0, 0.1) is 11.3 Å². The standard InChI is InChI=1S/C5H7FN2O/c6-8-1-2-9-4-5(8)3-7/h5H,1-2,4H2/p+1. The Hall–Kier alpha value is -0.660. The third-order valence-electron chi connectivity index (χ3n) is 1.30. The molecule has 0 aromatic heterocycles. The van der Waals surface area contributed by atoms with Crippen molar-refractivity contribution in [1.82, 2.24) is 0 Å². The fourth-order valence-corrected chi connectivity index (χ4v) is 0.743. The van der Waals surface area contributed by atoms with E-state index in [1.54, 1.807) is 0 Å². The summed E-state index contributed by atoms with van der Waals surface area (Å²) in [5.74, 6) is 0. The Morgan fingerprint density at radius 2 is 2.56 bits per heavy atom. The van der Waals surface area contributed by atoms with Crippen molar-refractivity contribution in [2.75, 3.05) is 19.8 Å². The molecule has 1 fully saturated rings. The summed E-state index contributed by atoms with van der Waals surface area (Å²) in [7, 11) is 0. The maximum Gasteiger partial charge on any atom is 0.232 e. The van der Waals surface area contributed by atoms with Crippen molar-refractivity contribution < 1.29 is 14.3 Å². The number of nitrogens with one attached hydrogen (secondary N) is 1. The summed E-state index contributed by atoms with van der Waals surface area (Å²) in [6.45, 7) is 0.935. The van der Waals surface area contributed by atoms with Gasteiger partial charge in [-0.25, -0.2) is 0 Å². The third kappa shape index (κ3) is 1.37. The van der Waals surface area contributed by atoms with Crippen LogP contribution in [0.5, 0.6) is 0 Å². The molecule has 0 aliphatic carbocycles. The fourth-order valence-electron chi connectivity index (χ4n) is 0.743. The molecule has 4 heteroatoms. The van der Waals surface area contributed by atoms with Gasteiger partial charge in [0, 0.05) is 0 Å². The third-order valence-corrected chi connectivity index (χ3v) is 1.30. The molecule has 3 nitrogen and oxygen atoms in total. The van der Waals surface area contributed by atoms with Gasteiger partial charge in [0.05, 0.1) is 6.61 Å². The number of hydrogen-bond acceptors (Lipinski definition) is 2. The van der Waals surface area contributed by atoms with E-state index in [2.05, 4.69) is 0 Å². The first-order valence-electron chi connectivity index (χ1n) is 2.83. The smallest absolute Gasteiger partial charge is 0.232 e. The number of nitriles is 1. The van der Waals surface area contributed by atoms with E-state index < -0.39 is 6.04 Å². The van der Waals surface area contributed by atoms with Gasteiger partial charge in [-0.05, 0) is 4.48 Å². The van der Waals surface area contributed by atoms with Crippen LogP contribution in [0.1, 0.15) is 0 Å². The van der Waals surface area contributed by atoms with Gasteiger partial charge in [-0.15, -0.1) is 5.12 Å². The van der Waals surface area contributed by atoms with Crippen LogP contribution in [0.15, 0.2) is 0 Å². The minimum atomic E-state index is -0.612. The summed E-state index contributed by atoms with van der Waals surface area (Å²) in [6, 6.07) is 1.20. The number of morpholine rings is 1. The molecule has 1 rings (SSSR count). The predicted molar refractivity (Wildman–Crippen MR) is 27.2 cm³/mol. The highest BCUT2D eigenvalue weighted by atomic mass is 19.2. The van der Waals surface area contributed by atoms with Crippen molar-refractivity contribution in [2.45, 2.75) is 6.04 Å². The lowest BCUT2D eigenvalue weighted by atomic mass is 10.3. The van der Waals surface area contributed by atoms with E-state index in [9.17, 15) is 4.48 Å². The molecule has 1 heterocycles. The van der Waals surface area contributed by atoms with Crippen molar-refractivity contribution >= 4 is 0 Å². The molecule has 0 amide bonds. The fraction of sp³-hybridized carbons (Fsp3) is 0.800. The Labute approximate surface area is 52.6 Å². The maximum atomic E-state index is 12.5.